The molecule has 2 heterocycles. The van der Waals surface area contributed by atoms with Crippen molar-refractivity contribution in [3.63, 3.8) is 0 Å². The molecule has 0 saturated carbocycles. The molecule has 6 heteroatoms. The number of aryl methyl sites for hydroxylation is 1. The van der Waals surface area contributed by atoms with Crippen molar-refractivity contribution in [2.45, 2.75) is 19.8 Å². The largest absolute Gasteiger partial charge is 0.361 e. The zero-order chi connectivity index (χ0) is 17.5. The molecule has 3 rings (SSSR count). The Hall–Kier alpha value is -2.09. The minimum absolute atomic E-state index is 0. The second-order valence-electron chi connectivity index (χ2n) is 6.06. The third-order valence-corrected chi connectivity index (χ3v) is 4.32. The van der Waals surface area contributed by atoms with Gasteiger partial charge in [0, 0.05) is 55.5 Å². The lowest BCUT2D eigenvalue weighted by Gasteiger charge is -2.11. The van der Waals surface area contributed by atoms with Gasteiger partial charge in [-0.25, -0.2) is 0 Å². The molecule has 138 valence electrons. The molecule has 0 bridgehead atoms. The summed E-state index contributed by atoms with van der Waals surface area (Å²) in [7, 11) is 1.80. The average molecular weight is 463 g/mol. The van der Waals surface area contributed by atoms with Gasteiger partial charge in [-0.2, -0.15) is 0 Å². The molecule has 2 aromatic heterocycles. The van der Waals surface area contributed by atoms with E-state index in [9.17, 15) is 0 Å². The van der Waals surface area contributed by atoms with E-state index in [1.54, 1.807) is 7.05 Å². The molecule has 0 spiro atoms. The standard InChI is InChI=1S/C20H25N5.HI/c1-15-6-5-8-18-16(14-25-19(15)18)9-12-23-20(21-2)24-13-10-17-7-3-4-11-22-17;/h3-8,11,14,25H,9-10,12-13H2,1-2H3,(H2,21,23,24);1H. The van der Waals surface area contributed by atoms with Crippen molar-refractivity contribution in [1.82, 2.24) is 20.6 Å². The summed E-state index contributed by atoms with van der Waals surface area (Å²) in [6, 6.07) is 12.4. The van der Waals surface area contributed by atoms with Crippen LogP contribution in [0.2, 0.25) is 0 Å². The molecule has 0 fully saturated rings. The highest BCUT2D eigenvalue weighted by Crippen LogP contribution is 2.21. The van der Waals surface area contributed by atoms with Crippen LogP contribution in [0.5, 0.6) is 0 Å². The van der Waals surface area contributed by atoms with E-state index in [1.165, 1.54) is 22.0 Å². The molecular weight excluding hydrogens is 437 g/mol. The first kappa shape index (κ1) is 20.2. The number of nitrogens with one attached hydrogen (secondary N) is 3. The number of benzene rings is 1. The molecule has 1 aromatic carbocycles. The number of aliphatic imine (C=N–C) groups is 1. The molecule has 26 heavy (non-hydrogen) atoms. The van der Waals surface area contributed by atoms with E-state index in [0.29, 0.717) is 0 Å². The number of guanidine groups is 1. The molecule has 0 aliphatic carbocycles. The summed E-state index contributed by atoms with van der Waals surface area (Å²) in [4.78, 5) is 12.0. The Labute approximate surface area is 171 Å². The van der Waals surface area contributed by atoms with Crippen LogP contribution in [-0.4, -0.2) is 36.1 Å². The number of rotatable bonds is 6. The highest BCUT2D eigenvalue weighted by molar-refractivity contribution is 14.0. The van der Waals surface area contributed by atoms with Crippen LogP contribution in [0.25, 0.3) is 10.9 Å². The van der Waals surface area contributed by atoms with Crippen LogP contribution in [-0.2, 0) is 12.8 Å². The molecule has 0 aliphatic rings. The van der Waals surface area contributed by atoms with E-state index >= 15 is 0 Å². The van der Waals surface area contributed by atoms with Gasteiger partial charge in [-0.1, -0.05) is 24.3 Å². The second kappa shape index (κ2) is 10.2. The quantitative estimate of drug-likeness (QED) is 0.298. The topological polar surface area (TPSA) is 65.1 Å². The lowest BCUT2D eigenvalue weighted by molar-refractivity contribution is 0.777. The average Bonchev–Trinajstić information content (AvgIpc) is 3.06. The molecule has 0 saturated heterocycles. The fourth-order valence-corrected chi connectivity index (χ4v) is 2.96. The van der Waals surface area contributed by atoms with Crippen molar-refractivity contribution in [2.24, 2.45) is 4.99 Å². The molecule has 0 radical (unpaired) electrons. The predicted octanol–water partition coefficient (Wildman–Crippen LogP) is 3.44. The third-order valence-electron chi connectivity index (χ3n) is 4.32. The van der Waals surface area contributed by atoms with Gasteiger partial charge in [0.15, 0.2) is 5.96 Å². The lowest BCUT2D eigenvalue weighted by Crippen LogP contribution is -2.39. The normalized spacial score (nSPS) is 11.2. The number of hydrogen-bond acceptors (Lipinski definition) is 2. The molecule has 0 atom stereocenters. The number of H-pyrrole nitrogens is 1. The van der Waals surface area contributed by atoms with E-state index in [2.05, 4.69) is 56.9 Å². The summed E-state index contributed by atoms with van der Waals surface area (Å²) < 4.78 is 0. The monoisotopic (exact) mass is 463 g/mol. The number of para-hydroxylation sites is 1. The van der Waals surface area contributed by atoms with Crippen molar-refractivity contribution >= 4 is 40.8 Å². The van der Waals surface area contributed by atoms with Gasteiger partial charge in [-0.3, -0.25) is 9.98 Å². The van der Waals surface area contributed by atoms with Crippen LogP contribution in [0.4, 0.5) is 0 Å². The van der Waals surface area contributed by atoms with Gasteiger partial charge in [-0.05, 0) is 36.6 Å². The summed E-state index contributed by atoms with van der Waals surface area (Å²) in [6.45, 7) is 3.78. The predicted molar refractivity (Wildman–Crippen MR) is 119 cm³/mol. The van der Waals surface area contributed by atoms with Crippen molar-refractivity contribution in [3.05, 3.63) is 65.6 Å². The summed E-state index contributed by atoms with van der Waals surface area (Å²) in [6.07, 6.45) is 5.76. The fraction of sp³-hybridized carbons (Fsp3) is 0.300. The first-order valence-electron chi connectivity index (χ1n) is 8.68. The maximum absolute atomic E-state index is 4.33. The van der Waals surface area contributed by atoms with Crippen molar-refractivity contribution in [2.75, 3.05) is 20.1 Å². The summed E-state index contributed by atoms with van der Waals surface area (Å²) in [5, 5.41) is 8.02. The first-order valence-corrected chi connectivity index (χ1v) is 8.68. The molecule has 5 nitrogen and oxygen atoms in total. The highest BCUT2D eigenvalue weighted by atomic mass is 127. The SMILES string of the molecule is CN=C(NCCc1ccccn1)NCCc1c[nH]c2c(C)cccc12.I. The molecular formula is C20H26IN5. The van der Waals surface area contributed by atoms with Gasteiger partial charge in [0.25, 0.3) is 0 Å². The highest BCUT2D eigenvalue weighted by Gasteiger charge is 2.05. The molecule has 0 aliphatic heterocycles. The van der Waals surface area contributed by atoms with Gasteiger partial charge < -0.3 is 15.6 Å². The van der Waals surface area contributed by atoms with E-state index < -0.39 is 0 Å². The van der Waals surface area contributed by atoms with Crippen LogP contribution >= 0.6 is 24.0 Å². The third kappa shape index (κ3) is 5.20. The van der Waals surface area contributed by atoms with Crippen molar-refractivity contribution < 1.29 is 0 Å². The van der Waals surface area contributed by atoms with E-state index in [0.717, 1.165) is 37.6 Å². The maximum atomic E-state index is 4.33. The van der Waals surface area contributed by atoms with Gasteiger partial charge >= 0.3 is 0 Å². The number of nitrogens with zero attached hydrogens (tertiary/aromatic N) is 2. The van der Waals surface area contributed by atoms with Crippen LogP contribution in [0.3, 0.4) is 0 Å². The van der Waals surface area contributed by atoms with E-state index in [1.807, 2.05) is 24.4 Å². The summed E-state index contributed by atoms with van der Waals surface area (Å²) in [5.74, 6) is 0.826. The molecule has 3 N–H and O–H groups in total. The minimum Gasteiger partial charge on any atom is -0.361 e. The van der Waals surface area contributed by atoms with E-state index in [-0.39, 0.29) is 24.0 Å². The Morgan fingerprint density at radius 2 is 1.88 bits per heavy atom. The molecule has 0 amide bonds. The van der Waals surface area contributed by atoms with Crippen LogP contribution in [0.15, 0.2) is 53.8 Å². The Bertz CT molecular complexity index is 842. The van der Waals surface area contributed by atoms with Crippen LogP contribution in [0, 0.1) is 6.92 Å². The van der Waals surface area contributed by atoms with Crippen molar-refractivity contribution in [1.29, 1.82) is 0 Å². The Kier molecular flexibility index (Phi) is 7.90. The zero-order valence-electron chi connectivity index (χ0n) is 15.2. The van der Waals surface area contributed by atoms with Crippen LogP contribution < -0.4 is 10.6 Å². The first-order chi connectivity index (χ1) is 12.3. The Morgan fingerprint density at radius 1 is 1.08 bits per heavy atom. The number of hydrogen-bond donors (Lipinski definition) is 3. The maximum Gasteiger partial charge on any atom is 0.190 e. The smallest absolute Gasteiger partial charge is 0.190 e. The number of halogens is 1. The Balaban J connectivity index is 0.00000243. The molecule has 0 unspecified atom stereocenters. The van der Waals surface area contributed by atoms with Crippen LogP contribution in [0.1, 0.15) is 16.8 Å². The van der Waals surface area contributed by atoms with Gasteiger partial charge in [-0.15, -0.1) is 24.0 Å². The number of aromatic nitrogens is 2. The van der Waals surface area contributed by atoms with E-state index in [4.69, 9.17) is 0 Å². The van der Waals surface area contributed by atoms with Gasteiger partial charge in [0.2, 0.25) is 0 Å². The van der Waals surface area contributed by atoms with Crippen molar-refractivity contribution in [3.8, 4) is 0 Å². The summed E-state index contributed by atoms with van der Waals surface area (Å²) in [5.41, 5.74) is 4.92. The minimum atomic E-state index is 0. The lowest BCUT2D eigenvalue weighted by atomic mass is 10.1. The number of pyridine rings is 1. The van der Waals surface area contributed by atoms with Gasteiger partial charge in [0.1, 0.15) is 0 Å². The number of fused-ring (bicyclic) bond motifs is 1. The second-order valence-corrected chi connectivity index (χ2v) is 6.06. The fourth-order valence-electron chi connectivity index (χ4n) is 2.96. The summed E-state index contributed by atoms with van der Waals surface area (Å²) >= 11 is 0. The Morgan fingerprint density at radius 3 is 2.62 bits per heavy atom. The molecule has 3 aromatic rings. The van der Waals surface area contributed by atoms with Gasteiger partial charge in [0.05, 0.1) is 0 Å². The number of aromatic amines is 1. The zero-order valence-corrected chi connectivity index (χ0v) is 17.6.